The Morgan fingerprint density at radius 3 is 2.26 bits per heavy atom. The smallest absolute Gasteiger partial charge is 0.126 e. The highest BCUT2D eigenvalue weighted by atomic mass is 32.2. The normalized spacial score (nSPS) is 11.9. The van der Waals surface area contributed by atoms with Crippen LogP contribution in [0.1, 0.15) is 5.56 Å². The summed E-state index contributed by atoms with van der Waals surface area (Å²) in [5.74, 6) is 0.841. The highest BCUT2D eigenvalue weighted by molar-refractivity contribution is 7.84. The Labute approximate surface area is 138 Å². The Kier molecular flexibility index (Phi) is 4.83. The second-order valence-electron chi connectivity index (χ2n) is 5.25. The van der Waals surface area contributed by atoms with E-state index in [1.165, 1.54) is 0 Å². The first kappa shape index (κ1) is 15.4. The van der Waals surface area contributed by atoms with Gasteiger partial charge in [0.2, 0.25) is 0 Å². The molecular weight excluding hydrogens is 304 g/mol. The zero-order valence-electron chi connectivity index (χ0n) is 12.9. The van der Waals surface area contributed by atoms with Crippen molar-refractivity contribution in [2.24, 2.45) is 0 Å². The topological polar surface area (TPSA) is 42.0 Å². The van der Waals surface area contributed by atoms with Gasteiger partial charge < -0.3 is 5.32 Å². The summed E-state index contributed by atoms with van der Waals surface area (Å²) < 4.78 is 11.4. The number of hydrogen-bond donors (Lipinski definition) is 1. The van der Waals surface area contributed by atoms with Crippen LogP contribution in [0.25, 0.3) is 11.1 Å². The van der Waals surface area contributed by atoms with E-state index in [0.717, 1.165) is 27.4 Å². The molecule has 0 bridgehead atoms. The molecule has 1 heterocycles. The van der Waals surface area contributed by atoms with Crippen molar-refractivity contribution in [1.29, 1.82) is 0 Å². The van der Waals surface area contributed by atoms with E-state index >= 15 is 0 Å². The average molecular weight is 322 g/mol. The first-order valence-corrected chi connectivity index (χ1v) is 8.96. The summed E-state index contributed by atoms with van der Waals surface area (Å²) in [6.45, 7) is 0.689. The zero-order chi connectivity index (χ0) is 16.1. The summed E-state index contributed by atoms with van der Waals surface area (Å²) >= 11 is 0. The zero-order valence-corrected chi connectivity index (χ0v) is 13.7. The van der Waals surface area contributed by atoms with Crippen LogP contribution in [-0.4, -0.2) is 15.4 Å². The van der Waals surface area contributed by atoms with Crippen molar-refractivity contribution in [1.82, 2.24) is 4.98 Å². The predicted octanol–water partition coefficient (Wildman–Crippen LogP) is 4.10. The van der Waals surface area contributed by atoms with Crippen LogP contribution in [0.5, 0.6) is 0 Å². The van der Waals surface area contributed by atoms with E-state index in [9.17, 15) is 4.21 Å². The summed E-state index contributed by atoms with van der Waals surface area (Å²) in [5, 5.41) is 3.30. The molecule has 0 unspecified atom stereocenters. The van der Waals surface area contributed by atoms with Gasteiger partial charge in [0.1, 0.15) is 5.82 Å². The van der Waals surface area contributed by atoms with Gasteiger partial charge in [-0.3, -0.25) is 4.21 Å². The number of rotatable bonds is 5. The molecule has 3 nitrogen and oxygen atoms in total. The van der Waals surface area contributed by atoms with E-state index in [4.69, 9.17) is 0 Å². The van der Waals surface area contributed by atoms with Gasteiger partial charge in [-0.2, -0.15) is 0 Å². The van der Waals surface area contributed by atoms with Crippen LogP contribution in [0.4, 0.5) is 5.82 Å². The summed E-state index contributed by atoms with van der Waals surface area (Å²) in [7, 11) is -0.931. The summed E-state index contributed by atoms with van der Waals surface area (Å²) in [6, 6.07) is 22.0. The fraction of sp³-hybridized carbons (Fsp3) is 0.105. The van der Waals surface area contributed by atoms with E-state index in [1.54, 1.807) is 6.26 Å². The van der Waals surface area contributed by atoms with Gasteiger partial charge in [-0.1, -0.05) is 42.5 Å². The number of nitrogens with zero attached hydrogens (tertiary/aromatic N) is 1. The Bertz CT molecular complexity index is 784. The molecule has 3 aromatic rings. The lowest BCUT2D eigenvalue weighted by molar-refractivity contribution is 0.687. The van der Waals surface area contributed by atoms with Gasteiger partial charge in [0.15, 0.2) is 0 Å². The minimum atomic E-state index is -0.931. The first-order chi connectivity index (χ1) is 11.2. The molecule has 0 aliphatic rings. The molecular formula is C19H18N2OS. The van der Waals surface area contributed by atoms with Crippen molar-refractivity contribution in [3.8, 4) is 11.1 Å². The second-order valence-corrected chi connectivity index (χ2v) is 6.63. The molecule has 0 aliphatic carbocycles. The van der Waals surface area contributed by atoms with Crippen molar-refractivity contribution >= 4 is 16.6 Å². The Balaban J connectivity index is 1.63. The lowest BCUT2D eigenvalue weighted by Crippen LogP contribution is -2.01. The third-order valence-corrected chi connectivity index (χ3v) is 4.54. The van der Waals surface area contributed by atoms with Crippen LogP contribution in [0, 0.1) is 0 Å². The Hall–Kier alpha value is -2.46. The molecule has 0 amide bonds. The molecule has 1 atom stereocenters. The summed E-state index contributed by atoms with van der Waals surface area (Å²) in [4.78, 5) is 5.30. The quantitative estimate of drug-likeness (QED) is 0.769. The van der Waals surface area contributed by atoms with E-state index in [2.05, 4.69) is 28.5 Å². The molecule has 116 valence electrons. The fourth-order valence-electron chi connectivity index (χ4n) is 2.29. The Morgan fingerprint density at radius 2 is 1.65 bits per heavy atom. The monoisotopic (exact) mass is 322 g/mol. The SMILES string of the molecule is C[S@@](=O)c1ccc(CNc2ccc(-c3ccccc3)cn2)cc1. The van der Waals surface area contributed by atoms with Gasteiger partial charge in [0.25, 0.3) is 0 Å². The number of aromatic nitrogens is 1. The highest BCUT2D eigenvalue weighted by Gasteiger charge is 2.00. The molecule has 3 rings (SSSR count). The van der Waals surface area contributed by atoms with Gasteiger partial charge in [0.05, 0.1) is 0 Å². The maximum Gasteiger partial charge on any atom is 0.126 e. The molecule has 2 aromatic carbocycles. The summed E-state index contributed by atoms with van der Waals surface area (Å²) in [5.41, 5.74) is 3.40. The maximum absolute atomic E-state index is 11.4. The molecule has 0 radical (unpaired) electrons. The minimum Gasteiger partial charge on any atom is -0.366 e. The minimum absolute atomic E-state index is 0.689. The molecule has 0 spiro atoms. The van der Waals surface area contributed by atoms with Crippen LogP contribution >= 0.6 is 0 Å². The van der Waals surface area contributed by atoms with E-state index < -0.39 is 10.8 Å². The second kappa shape index (κ2) is 7.20. The first-order valence-electron chi connectivity index (χ1n) is 7.40. The number of anilines is 1. The van der Waals surface area contributed by atoms with Gasteiger partial charge in [-0.15, -0.1) is 0 Å². The third-order valence-electron chi connectivity index (χ3n) is 3.60. The van der Waals surface area contributed by atoms with Crippen LogP contribution in [0.15, 0.2) is 77.8 Å². The molecule has 0 fully saturated rings. The molecule has 0 aliphatic heterocycles. The standard InChI is InChI=1S/C19H18N2OS/c1-23(22)18-10-7-15(8-11-18)13-20-19-12-9-17(14-21-19)16-5-3-2-4-6-16/h2-12,14H,13H2,1H3,(H,20,21)/t23-/m1/s1. The van der Waals surface area contributed by atoms with E-state index in [-0.39, 0.29) is 0 Å². The van der Waals surface area contributed by atoms with Crippen molar-refractivity contribution < 1.29 is 4.21 Å². The van der Waals surface area contributed by atoms with Gasteiger partial charge >= 0.3 is 0 Å². The fourth-order valence-corrected chi connectivity index (χ4v) is 2.81. The van der Waals surface area contributed by atoms with Crippen molar-refractivity contribution in [2.45, 2.75) is 11.4 Å². The molecule has 0 saturated carbocycles. The third kappa shape index (κ3) is 4.05. The predicted molar refractivity (Wildman–Crippen MR) is 95.8 cm³/mol. The molecule has 4 heteroatoms. The lowest BCUT2D eigenvalue weighted by atomic mass is 10.1. The number of hydrogen-bond acceptors (Lipinski definition) is 3. The van der Waals surface area contributed by atoms with Crippen molar-refractivity contribution in [2.75, 3.05) is 11.6 Å². The van der Waals surface area contributed by atoms with Crippen LogP contribution in [-0.2, 0) is 17.3 Å². The lowest BCUT2D eigenvalue weighted by Gasteiger charge is -2.07. The van der Waals surface area contributed by atoms with Crippen molar-refractivity contribution in [3.05, 3.63) is 78.5 Å². The largest absolute Gasteiger partial charge is 0.366 e. The van der Waals surface area contributed by atoms with E-state index in [1.807, 2.05) is 54.7 Å². The maximum atomic E-state index is 11.4. The Morgan fingerprint density at radius 1 is 0.913 bits per heavy atom. The van der Waals surface area contributed by atoms with Crippen LogP contribution < -0.4 is 5.32 Å². The summed E-state index contributed by atoms with van der Waals surface area (Å²) in [6.07, 6.45) is 3.56. The van der Waals surface area contributed by atoms with Crippen molar-refractivity contribution in [3.63, 3.8) is 0 Å². The van der Waals surface area contributed by atoms with Gasteiger partial charge in [0, 0.05) is 40.3 Å². The van der Waals surface area contributed by atoms with Gasteiger partial charge in [-0.25, -0.2) is 4.98 Å². The number of nitrogens with one attached hydrogen (secondary N) is 1. The molecule has 23 heavy (non-hydrogen) atoms. The van der Waals surface area contributed by atoms with E-state index in [0.29, 0.717) is 6.54 Å². The number of benzene rings is 2. The van der Waals surface area contributed by atoms with Crippen LogP contribution in [0.3, 0.4) is 0 Å². The van der Waals surface area contributed by atoms with Gasteiger partial charge in [-0.05, 0) is 35.4 Å². The molecule has 1 aromatic heterocycles. The number of pyridine rings is 1. The molecule has 0 saturated heterocycles. The van der Waals surface area contributed by atoms with Crippen LogP contribution in [0.2, 0.25) is 0 Å². The highest BCUT2D eigenvalue weighted by Crippen LogP contribution is 2.19. The molecule has 1 N–H and O–H groups in total. The average Bonchev–Trinajstić information content (AvgIpc) is 2.61.